The summed E-state index contributed by atoms with van der Waals surface area (Å²) < 4.78 is 2.36. The van der Waals surface area contributed by atoms with Gasteiger partial charge in [0.1, 0.15) is 11.6 Å². The Labute approximate surface area is 176 Å². The molecule has 2 fully saturated rings. The Hall–Kier alpha value is -1.59. The molecule has 1 aromatic rings. The van der Waals surface area contributed by atoms with Gasteiger partial charge in [-0.1, -0.05) is 32.1 Å². The van der Waals surface area contributed by atoms with E-state index in [1.54, 1.807) is 0 Å². The Kier molecular flexibility index (Phi) is 7.09. The Morgan fingerprint density at radius 2 is 1.76 bits per heavy atom. The zero-order valence-corrected chi connectivity index (χ0v) is 18.5. The molecular formula is C23H40N6. The number of nitrogens with zero attached hydrogens (tertiary/aromatic N) is 5. The summed E-state index contributed by atoms with van der Waals surface area (Å²) in [6.07, 6.45) is 17.0. The van der Waals surface area contributed by atoms with Crippen molar-refractivity contribution in [3.8, 4) is 0 Å². The molecule has 1 aromatic heterocycles. The molecule has 1 saturated carbocycles. The van der Waals surface area contributed by atoms with E-state index in [0.717, 1.165) is 50.8 Å². The minimum absolute atomic E-state index is 0.537. The van der Waals surface area contributed by atoms with Crippen LogP contribution in [0.15, 0.2) is 4.99 Å². The molecule has 6 nitrogen and oxygen atoms in total. The normalized spacial score (nSPS) is 22.8. The lowest BCUT2D eigenvalue weighted by Crippen LogP contribution is -2.50. The number of aryl methyl sites for hydroxylation is 1. The van der Waals surface area contributed by atoms with Gasteiger partial charge in [-0.3, -0.25) is 4.99 Å². The highest BCUT2D eigenvalue weighted by atomic mass is 15.3. The van der Waals surface area contributed by atoms with E-state index in [1.165, 1.54) is 83.0 Å². The van der Waals surface area contributed by atoms with Crippen molar-refractivity contribution in [3.63, 3.8) is 0 Å². The number of rotatable bonds is 4. The van der Waals surface area contributed by atoms with Gasteiger partial charge in [0, 0.05) is 45.6 Å². The van der Waals surface area contributed by atoms with Crippen LogP contribution in [-0.2, 0) is 19.4 Å². The summed E-state index contributed by atoms with van der Waals surface area (Å²) in [7, 11) is 0. The van der Waals surface area contributed by atoms with Crippen LogP contribution in [0.4, 0.5) is 0 Å². The average Bonchev–Trinajstić information content (AvgIpc) is 2.90. The third-order valence-electron chi connectivity index (χ3n) is 7.24. The van der Waals surface area contributed by atoms with E-state index in [0.29, 0.717) is 5.41 Å². The maximum atomic E-state index is 5.04. The second-order valence-electron chi connectivity index (χ2n) is 9.42. The first-order chi connectivity index (χ1) is 14.3. The molecule has 162 valence electrons. The van der Waals surface area contributed by atoms with Crippen molar-refractivity contribution in [2.45, 2.75) is 96.9 Å². The molecule has 3 aliphatic rings. The molecule has 1 aliphatic carbocycles. The number of likely N-dealkylation sites (tertiary alicyclic amines) is 1. The van der Waals surface area contributed by atoms with Crippen molar-refractivity contribution in [1.82, 2.24) is 25.0 Å². The van der Waals surface area contributed by atoms with Crippen LogP contribution < -0.4 is 5.32 Å². The summed E-state index contributed by atoms with van der Waals surface area (Å²) in [6, 6.07) is 0. The third kappa shape index (κ3) is 5.13. The second-order valence-corrected chi connectivity index (χ2v) is 9.42. The summed E-state index contributed by atoms with van der Waals surface area (Å²) >= 11 is 0. The monoisotopic (exact) mass is 400 g/mol. The molecular weight excluding hydrogens is 360 g/mol. The van der Waals surface area contributed by atoms with Crippen LogP contribution in [-0.4, -0.2) is 51.8 Å². The largest absolute Gasteiger partial charge is 0.357 e. The number of hydrogen-bond donors (Lipinski definition) is 1. The van der Waals surface area contributed by atoms with Gasteiger partial charge in [-0.15, -0.1) is 10.2 Å². The maximum Gasteiger partial charge on any atom is 0.193 e. The standard InChI is InChI=1S/C23H40N6/c1-2-24-22(28-17-10-15-23(19-28)13-7-3-4-8-14-23)25-16-12-21-27-26-20-11-6-5-9-18-29(20)21/h2-19H2,1H3,(H,24,25). The lowest BCUT2D eigenvalue weighted by atomic mass is 9.74. The molecule has 1 spiro atoms. The fraction of sp³-hybridized carbons (Fsp3) is 0.870. The molecule has 6 heteroatoms. The lowest BCUT2D eigenvalue weighted by molar-refractivity contribution is 0.115. The van der Waals surface area contributed by atoms with Gasteiger partial charge >= 0.3 is 0 Å². The van der Waals surface area contributed by atoms with Gasteiger partial charge in [-0.05, 0) is 50.9 Å². The number of nitrogens with one attached hydrogen (secondary N) is 1. The Morgan fingerprint density at radius 3 is 2.59 bits per heavy atom. The van der Waals surface area contributed by atoms with Gasteiger partial charge in [-0.25, -0.2) is 0 Å². The van der Waals surface area contributed by atoms with Gasteiger partial charge in [0.05, 0.1) is 0 Å². The summed E-state index contributed by atoms with van der Waals surface area (Å²) in [5.41, 5.74) is 0.537. The number of fused-ring (bicyclic) bond motifs is 1. The Balaban J connectivity index is 1.40. The highest BCUT2D eigenvalue weighted by Gasteiger charge is 2.36. The number of hydrogen-bond acceptors (Lipinski definition) is 3. The van der Waals surface area contributed by atoms with Crippen molar-refractivity contribution in [3.05, 3.63) is 11.6 Å². The van der Waals surface area contributed by atoms with Crippen LogP contribution in [0, 0.1) is 5.41 Å². The molecule has 1 N–H and O–H groups in total. The number of aliphatic imine (C=N–C) groups is 1. The Bertz CT molecular complexity index is 671. The first kappa shape index (κ1) is 20.7. The van der Waals surface area contributed by atoms with Gasteiger partial charge in [0.2, 0.25) is 0 Å². The number of guanidine groups is 1. The number of aromatic nitrogens is 3. The average molecular weight is 401 g/mol. The molecule has 0 radical (unpaired) electrons. The van der Waals surface area contributed by atoms with E-state index >= 15 is 0 Å². The highest BCUT2D eigenvalue weighted by molar-refractivity contribution is 5.80. The van der Waals surface area contributed by atoms with Crippen LogP contribution in [0.25, 0.3) is 0 Å². The van der Waals surface area contributed by atoms with Crippen LogP contribution >= 0.6 is 0 Å². The van der Waals surface area contributed by atoms with Crippen LogP contribution in [0.3, 0.4) is 0 Å². The zero-order chi connectivity index (χ0) is 19.9. The smallest absolute Gasteiger partial charge is 0.193 e. The van der Waals surface area contributed by atoms with Crippen molar-refractivity contribution in [2.24, 2.45) is 10.4 Å². The SMILES string of the molecule is CCNC(=NCCc1nnc2n1CCCCC2)N1CCCC2(CCCCCC2)C1. The molecule has 0 amide bonds. The molecule has 1 saturated heterocycles. The molecule has 0 unspecified atom stereocenters. The van der Waals surface area contributed by atoms with Gasteiger partial charge in [0.15, 0.2) is 5.96 Å². The van der Waals surface area contributed by atoms with Crippen molar-refractivity contribution in [1.29, 1.82) is 0 Å². The number of piperidine rings is 1. The summed E-state index contributed by atoms with van der Waals surface area (Å²) in [4.78, 5) is 7.59. The fourth-order valence-electron chi connectivity index (χ4n) is 5.69. The van der Waals surface area contributed by atoms with E-state index in [-0.39, 0.29) is 0 Å². The van der Waals surface area contributed by atoms with Gasteiger partial charge in [0.25, 0.3) is 0 Å². The molecule has 0 aromatic carbocycles. The van der Waals surface area contributed by atoms with Crippen LogP contribution in [0.1, 0.15) is 89.2 Å². The van der Waals surface area contributed by atoms with Crippen LogP contribution in [0.5, 0.6) is 0 Å². The van der Waals surface area contributed by atoms with E-state index < -0.39 is 0 Å². The van der Waals surface area contributed by atoms with Crippen molar-refractivity contribution in [2.75, 3.05) is 26.2 Å². The van der Waals surface area contributed by atoms with E-state index in [2.05, 4.69) is 31.9 Å². The van der Waals surface area contributed by atoms with Gasteiger partial charge in [-0.2, -0.15) is 0 Å². The minimum Gasteiger partial charge on any atom is -0.357 e. The molecule has 29 heavy (non-hydrogen) atoms. The topological polar surface area (TPSA) is 58.3 Å². The molecule has 0 bridgehead atoms. The third-order valence-corrected chi connectivity index (χ3v) is 7.24. The predicted octanol–water partition coefficient (Wildman–Crippen LogP) is 3.95. The fourth-order valence-corrected chi connectivity index (χ4v) is 5.69. The predicted molar refractivity (Wildman–Crippen MR) is 118 cm³/mol. The Morgan fingerprint density at radius 1 is 0.966 bits per heavy atom. The second kappa shape index (κ2) is 9.94. The zero-order valence-electron chi connectivity index (χ0n) is 18.5. The van der Waals surface area contributed by atoms with E-state index in [1.807, 2.05) is 0 Å². The molecule has 0 atom stereocenters. The van der Waals surface area contributed by atoms with Crippen molar-refractivity contribution >= 4 is 5.96 Å². The summed E-state index contributed by atoms with van der Waals surface area (Å²) in [5, 5.41) is 12.5. The van der Waals surface area contributed by atoms with E-state index in [4.69, 9.17) is 4.99 Å². The quantitative estimate of drug-likeness (QED) is 0.614. The lowest BCUT2D eigenvalue weighted by Gasteiger charge is -2.44. The summed E-state index contributed by atoms with van der Waals surface area (Å²) in [6.45, 7) is 7.33. The molecule has 4 rings (SSSR count). The minimum atomic E-state index is 0.537. The highest BCUT2D eigenvalue weighted by Crippen LogP contribution is 2.42. The van der Waals surface area contributed by atoms with Gasteiger partial charge < -0.3 is 14.8 Å². The molecule has 2 aliphatic heterocycles. The first-order valence-corrected chi connectivity index (χ1v) is 12.2. The van der Waals surface area contributed by atoms with Crippen LogP contribution in [0.2, 0.25) is 0 Å². The maximum absolute atomic E-state index is 5.04. The van der Waals surface area contributed by atoms with Crippen molar-refractivity contribution < 1.29 is 0 Å². The van der Waals surface area contributed by atoms with E-state index in [9.17, 15) is 0 Å². The first-order valence-electron chi connectivity index (χ1n) is 12.2. The molecule has 3 heterocycles. The summed E-state index contributed by atoms with van der Waals surface area (Å²) in [5.74, 6) is 3.42.